The van der Waals surface area contributed by atoms with Crippen molar-refractivity contribution in [1.29, 1.82) is 0 Å². The van der Waals surface area contributed by atoms with Gasteiger partial charge in [-0.2, -0.15) is 0 Å². The van der Waals surface area contributed by atoms with Crippen molar-refractivity contribution in [3.8, 4) is 11.6 Å². The number of hydrogen-bond donors (Lipinski definition) is 1. The number of nitrogens with zero attached hydrogens (tertiary/aromatic N) is 4. The molecular weight excluding hydrogens is 406 g/mol. The van der Waals surface area contributed by atoms with Gasteiger partial charge in [0.1, 0.15) is 12.3 Å². The summed E-state index contributed by atoms with van der Waals surface area (Å²) in [5.41, 5.74) is 2.31. The van der Waals surface area contributed by atoms with Crippen LogP contribution in [0.4, 0.5) is 5.69 Å². The Labute approximate surface area is 176 Å². The van der Waals surface area contributed by atoms with E-state index in [-0.39, 0.29) is 18.1 Å². The quantitative estimate of drug-likeness (QED) is 0.529. The number of rotatable bonds is 5. The molecule has 4 aromatic rings. The van der Waals surface area contributed by atoms with E-state index in [1.807, 2.05) is 32.0 Å². The summed E-state index contributed by atoms with van der Waals surface area (Å²) in [7, 11) is 0. The van der Waals surface area contributed by atoms with Gasteiger partial charge in [-0.15, -0.1) is 5.10 Å². The van der Waals surface area contributed by atoms with E-state index in [1.54, 1.807) is 24.3 Å². The Morgan fingerprint density at radius 1 is 1.20 bits per heavy atom. The Balaban J connectivity index is 1.62. The molecule has 0 radical (unpaired) electrons. The van der Waals surface area contributed by atoms with Crippen LogP contribution in [0.2, 0.25) is 5.02 Å². The monoisotopic (exact) mass is 423 g/mol. The third-order valence-electron chi connectivity index (χ3n) is 4.63. The van der Waals surface area contributed by atoms with Gasteiger partial charge in [-0.05, 0) is 49.2 Å². The Morgan fingerprint density at radius 3 is 2.80 bits per heavy atom. The smallest absolute Gasteiger partial charge is 0.351 e. The second-order valence-corrected chi connectivity index (χ2v) is 7.16. The normalized spacial score (nSPS) is 10.9. The number of nitrogens with one attached hydrogen (secondary N) is 1. The molecule has 8 nitrogen and oxygen atoms in total. The number of benzene rings is 2. The second-order valence-electron chi connectivity index (χ2n) is 6.72. The van der Waals surface area contributed by atoms with Crippen LogP contribution < -0.4 is 15.7 Å². The maximum Gasteiger partial charge on any atom is 0.351 e. The minimum absolute atomic E-state index is 0.178. The summed E-state index contributed by atoms with van der Waals surface area (Å²) in [6.07, 6.45) is 2.93. The molecule has 0 spiro atoms. The molecule has 0 aliphatic rings. The van der Waals surface area contributed by atoms with Gasteiger partial charge in [0.25, 0.3) is 5.88 Å². The van der Waals surface area contributed by atoms with E-state index >= 15 is 0 Å². The number of halogens is 1. The fourth-order valence-corrected chi connectivity index (χ4v) is 3.13. The molecule has 0 atom stereocenters. The highest BCUT2D eigenvalue weighted by atomic mass is 35.5. The molecule has 1 amide bonds. The van der Waals surface area contributed by atoms with Gasteiger partial charge in [0.15, 0.2) is 0 Å². The minimum atomic E-state index is -0.473. The first-order chi connectivity index (χ1) is 14.4. The zero-order valence-electron chi connectivity index (χ0n) is 16.3. The van der Waals surface area contributed by atoms with Gasteiger partial charge in [0.05, 0.1) is 0 Å². The van der Waals surface area contributed by atoms with Gasteiger partial charge in [-0.25, -0.2) is 18.9 Å². The van der Waals surface area contributed by atoms with Crippen LogP contribution in [0, 0.1) is 13.8 Å². The van der Waals surface area contributed by atoms with Crippen LogP contribution in [-0.4, -0.2) is 25.1 Å². The predicted octanol–water partition coefficient (Wildman–Crippen LogP) is 3.59. The average Bonchev–Trinajstić information content (AvgIpc) is 3.02. The van der Waals surface area contributed by atoms with Crippen molar-refractivity contribution in [2.75, 3.05) is 5.32 Å². The predicted molar refractivity (Wildman–Crippen MR) is 113 cm³/mol. The van der Waals surface area contributed by atoms with E-state index in [0.29, 0.717) is 16.5 Å². The maximum absolute atomic E-state index is 12.7. The van der Waals surface area contributed by atoms with Crippen molar-refractivity contribution in [2.24, 2.45) is 0 Å². The standard InChI is InChI=1S/C21H18ClN5O3/c1-13-5-3-8-17(14(13)2)30-20-19-25-27(21(29)26(19)10-9-23-20)12-18(28)24-16-7-4-6-15(22)11-16/h3-11H,12H2,1-2H3,(H,24,28). The van der Waals surface area contributed by atoms with E-state index in [9.17, 15) is 9.59 Å². The fraction of sp³-hybridized carbons (Fsp3) is 0.143. The van der Waals surface area contributed by atoms with Crippen LogP contribution in [0.15, 0.2) is 59.7 Å². The van der Waals surface area contributed by atoms with Gasteiger partial charge in [0, 0.05) is 23.1 Å². The number of aromatic nitrogens is 4. The molecule has 0 saturated carbocycles. The number of carbonyl (C=O) groups is 1. The number of anilines is 1. The number of fused-ring (bicyclic) bond motifs is 1. The third kappa shape index (κ3) is 3.90. The summed E-state index contributed by atoms with van der Waals surface area (Å²) < 4.78 is 8.28. The molecule has 0 fully saturated rings. The summed E-state index contributed by atoms with van der Waals surface area (Å²) >= 11 is 5.93. The van der Waals surface area contributed by atoms with Gasteiger partial charge >= 0.3 is 5.69 Å². The molecule has 1 N–H and O–H groups in total. The average molecular weight is 424 g/mol. The number of carbonyl (C=O) groups excluding carboxylic acids is 1. The Kier molecular flexibility index (Phi) is 5.24. The number of amides is 1. The van der Waals surface area contributed by atoms with E-state index in [4.69, 9.17) is 16.3 Å². The van der Waals surface area contributed by atoms with Crippen LogP contribution in [0.25, 0.3) is 5.65 Å². The van der Waals surface area contributed by atoms with E-state index in [2.05, 4.69) is 15.4 Å². The fourth-order valence-electron chi connectivity index (χ4n) is 2.94. The molecule has 0 aliphatic heterocycles. The van der Waals surface area contributed by atoms with E-state index in [1.165, 1.54) is 16.8 Å². The molecule has 4 rings (SSSR count). The molecular formula is C21H18ClN5O3. The highest BCUT2D eigenvalue weighted by Crippen LogP contribution is 2.27. The van der Waals surface area contributed by atoms with E-state index in [0.717, 1.165) is 15.8 Å². The molecule has 0 bridgehead atoms. The molecule has 0 saturated heterocycles. The summed E-state index contributed by atoms with van der Waals surface area (Å²) in [6.45, 7) is 3.65. The summed E-state index contributed by atoms with van der Waals surface area (Å²) in [5, 5.41) is 7.44. The molecule has 0 unspecified atom stereocenters. The number of hydrogen-bond acceptors (Lipinski definition) is 5. The van der Waals surface area contributed by atoms with Crippen LogP contribution in [0.1, 0.15) is 11.1 Å². The minimum Gasteiger partial charge on any atom is -0.436 e. The third-order valence-corrected chi connectivity index (χ3v) is 4.87. The Morgan fingerprint density at radius 2 is 2.00 bits per heavy atom. The molecule has 2 heterocycles. The lowest BCUT2D eigenvalue weighted by Crippen LogP contribution is -2.28. The summed E-state index contributed by atoms with van der Waals surface area (Å²) in [4.78, 5) is 29.3. The van der Waals surface area contributed by atoms with Crippen molar-refractivity contribution >= 4 is 28.8 Å². The Bertz CT molecular complexity index is 1310. The van der Waals surface area contributed by atoms with Crippen molar-refractivity contribution in [3.05, 3.63) is 81.5 Å². The first-order valence-electron chi connectivity index (χ1n) is 9.16. The van der Waals surface area contributed by atoms with Gasteiger partial charge < -0.3 is 10.1 Å². The largest absolute Gasteiger partial charge is 0.436 e. The van der Waals surface area contributed by atoms with Gasteiger partial charge in [-0.1, -0.05) is 29.8 Å². The van der Waals surface area contributed by atoms with Gasteiger partial charge in [-0.3, -0.25) is 4.79 Å². The molecule has 2 aromatic carbocycles. The topological polar surface area (TPSA) is 90.5 Å². The van der Waals surface area contributed by atoms with Crippen LogP contribution in [-0.2, 0) is 11.3 Å². The van der Waals surface area contributed by atoms with Crippen molar-refractivity contribution in [3.63, 3.8) is 0 Å². The van der Waals surface area contributed by atoms with Crippen molar-refractivity contribution in [1.82, 2.24) is 19.2 Å². The van der Waals surface area contributed by atoms with Crippen LogP contribution in [0.3, 0.4) is 0 Å². The first-order valence-corrected chi connectivity index (χ1v) is 9.54. The van der Waals surface area contributed by atoms with Crippen molar-refractivity contribution in [2.45, 2.75) is 20.4 Å². The van der Waals surface area contributed by atoms with Crippen molar-refractivity contribution < 1.29 is 9.53 Å². The summed E-state index contributed by atoms with van der Waals surface area (Å²) in [5.74, 6) is 0.390. The zero-order valence-corrected chi connectivity index (χ0v) is 17.1. The number of ether oxygens (including phenoxy) is 1. The Hall–Kier alpha value is -3.65. The van der Waals surface area contributed by atoms with Crippen LogP contribution in [0.5, 0.6) is 11.6 Å². The second kappa shape index (κ2) is 8.00. The molecule has 9 heteroatoms. The zero-order chi connectivity index (χ0) is 21.3. The van der Waals surface area contributed by atoms with Gasteiger partial charge in [0.2, 0.25) is 11.6 Å². The summed E-state index contributed by atoms with van der Waals surface area (Å²) in [6, 6.07) is 12.4. The molecule has 30 heavy (non-hydrogen) atoms. The highest BCUT2D eigenvalue weighted by Gasteiger charge is 2.16. The lowest BCUT2D eigenvalue weighted by Gasteiger charge is -2.09. The van der Waals surface area contributed by atoms with Crippen LogP contribution >= 0.6 is 11.6 Å². The highest BCUT2D eigenvalue weighted by molar-refractivity contribution is 6.30. The molecule has 0 aliphatic carbocycles. The SMILES string of the molecule is Cc1cccc(Oc2nccn3c(=O)n(CC(=O)Nc4cccc(Cl)c4)nc23)c1C. The molecule has 2 aromatic heterocycles. The maximum atomic E-state index is 12.7. The van der Waals surface area contributed by atoms with E-state index < -0.39 is 11.6 Å². The lowest BCUT2D eigenvalue weighted by atomic mass is 10.1. The first kappa shape index (κ1) is 19.7. The lowest BCUT2D eigenvalue weighted by molar-refractivity contribution is -0.117. The molecule has 152 valence electrons. The number of aryl methyl sites for hydroxylation is 1.